The van der Waals surface area contributed by atoms with Crippen LogP contribution in [0.2, 0.25) is 0 Å². The summed E-state index contributed by atoms with van der Waals surface area (Å²) in [6.45, 7) is 7.15. The summed E-state index contributed by atoms with van der Waals surface area (Å²) in [6, 6.07) is -0.486. The maximum atomic E-state index is 12.1. The van der Waals surface area contributed by atoms with E-state index in [-0.39, 0.29) is 5.91 Å². The van der Waals surface area contributed by atoms with Crippen LogP contribution in [0.15, 0.2) is 0 Å². The van der Waals surface area contributed by atoms with Crippen LogP contribution in [0.5, 0.6) is 0 Å². The smallest absolute Gasteiger partial charge is 0.408 e. The molecule has 6 heteroatoms. The molecule has 0 radical (unpaired) electrons. The highest BCUT2D eigenvalue weighted by atomic mass is 16.6. The molecule has 0 aromatic heterocycles. The van der Waals surface area contributed by atoms with Gasteiger partial charge in [0.05, 0.1) is 6.61 Å². The molecular weight excluding hydrogens is 248 g/mol. The summed E-state index contributed by atoms with van der Waals surface area (Å²) in [4.78, 5) is 25.5. The summed E-state index contributed by atoms with van der Waals surface area (Å²) in [5.74, 6) is -0.0610. The monoisotopic (exact) mass is 272 g/mol. The first-order valence-corrected chi connectivity index (χ1v) is 6.61. The summed E-state index contributed by atoms with van der Waals surface area (Å²) >= 11 is 0. The minimum absolute atomic E-state index is 0.0610. The molecule has 0 saturated carbocycles. The van der Waals surface area contributed by atoms with Crippen molar-refractivity contribution in [2.75, 3.05) is 26.8 Å². The maximum absolute atomic E-state index is 12.1. The molecule has 0 bridgehead atoms. The predicted octanol–water partition coefficient (Wildman–Crippen LogP) is 1.15. The minimum atomic E-state index is -0.558. The second-order valence-corrected chi connectivity index (χ2v) is 5.66. The van der Waals surface area contributed by atoms with Crippen LogP contribution >= 0.6 is 0 Å². The molecule has 19 heavy (non-hydrogen) atoms. The third kappa shape index (κ3) is 5.46. The number of piperidine rings is 1. The number of hydrogen-bond acceptors (Lipinski definition) is 4. The first-order valence-electron chi connectivity index (χ1n) is 6.61. The average Bonchev–Trinajstić information content (AvgIpc) is 2.28. The second-order valence-electron chi connectivity index (χ2n) is 5.66. The van der Waals surface area contributed by atoms with Crippen LogP contribution in [-0.2, 0) is 14.3 Å². The Labute approximate surface area is 114 Å². The zero-order valence-corrected chi connectivity index (χ0v) is 12.2. The predicted molar refractivity (Wildman–Crippen MR) is 70.8 cm³/mol. The minimum Gasteiger partial charge on any atom is -0.444 e. The zero-order chi connectivity index (χ0) is 14.5. The molecule has 1 saturated heterocycles. The van der Waals surface area contributed by atoms with Crippen molar-refractivity contribution >= 4 is 12.0 Å². The van der Waals surface area contributed by atoms with Gasteiger partial charge in [0.25, 0.3) is 0 Å². The molecule has 2 amide bonds. The number of ether oxygens (including phenoxy) is 2. The summed E-state index contributed by atoms with van der Waals surface area (Å²) in [5, 5.41) is 2.64. The molecular formula is C13H24N2O4. The van der Waals surface area contributed by atoms with E-state index >= 15 is 0 Å². The van der Waals surface area contributed by atoms with Crippen LogP contribution in [0.1, 0.15) is 33.6 Å². The van der Waals surface area contributed by atoms with Gasteiger partial charge in [0, 0.05) is 20.2 Å². The molecule has 1 rings (SSSR count). The Kier molecular flexibility index (Phi) is 5.60. The van der Waals surface area contributed by atoms with Crippen molar-refractivity contribution in [1.82, 2.24) is 10.2 Å². The fourth-order valence-electron chi connectivity index (χ4n) is 1.95. The van der Waals surface area contributed by atoms with Gasteiger partial charge in [-0.05, 0) is 33.6 Å². The number of amides is 2. The van der Waals surface area contributed by atoms with E-state index in [2.05, 4.69) is 5.32 Å². The lowest BCUT2D eigenvalue weighted by Crippen LogP contribution is -2.53. The number of rotatable bonds is 4. The van der Waals surface area contributed by atoms with Crippen molar-refractivity contribution < 1.29 is 19.1 Å². The lowest BCUT2D eigenvalue weighted by molar-refractivity contribution is -0.136. The molecule has 1 fully saturated rings. The van der Waals surface area contributed by atoms with Crippen LogP contribution in [-0.4, -0.2) is 55.3 Å². The third-order valence-electron chi connectivity index (χ3n) is 2.79. The van der Waals surface area contributed by atoms with E-state index < -0.39 is 17.7 Å². The van der Waals surface area contributed by atoms with Crippen LogP contribution in [0, 0.1) is 0 Å². The number of alkyl carbamates (subject to hydrolysis) is 1. The quantitative estimate of drug-likeness (QED) is 0.833. The molecule has 1 N–H and O–H groups in total. The van der Waals surface area contributed by atoms with E-state index in [0.717, 1.165) is 6.42 Å². The second kappa shape index (κ2) is 6.75. The van der Waals surface area contributed by atoms with E-state index in [9.17, 15) is 9.59 Å². The van der Waals surface area contributed by atoms with Gasteiger partial charge in [-0.15, -0.1) is 0 Å². The van der Waals surface area contributed by atoms with Gasteiger partial charge < -0.3 is 19.7 Å². The van der Waals surface area contributed by atoms with Gasteiger partial charge in [-0.25, -0.2) is 4.79 Å². The third-order valence-corrected chi connectivity index (χ3v) is 2.79. The van der Waals surface area contributed by atoms with Crippen LogP contribution in [0.3, 0.4) is 0 Å². The molecule has 0 aliphatic carbocycles. The average molecular weight is 272 g/mol. The number of hydrogen-bond donors (Lipinski definition) is 1. The summed E-state index contributed by atoms with van der Waals surface area (Å²) in [6.07, 6.45) is 0.983. The van der Waals surface area contributed by atoms with Crippen molar-refractivity contribution in [1.29, 1.82) is 0 Å². The van der Waals surface area contributed by atoms with Crippen molar-refractivity contribution in [3.8, 4) is 0 Å². The van der Waals surface area contributed by atoms with E-state index in [1.165, 1.54) is 0 Å². The summed E-state index contributed by atoms with van der Waals surface area (Å²) in [5.41, 5.74) is -0.558. The summed E-state index contributed by atoms with van der Waals surface area (Å²) < 4.78 is 10.1. The van der Waals surface area contributed by atoms with Crippen molar-refractivity contribution in [3.05, 3.63) is 0 Å². The van der Waals surface area contributed by atoms with Gasteiger partial charge in [-0.3, -0.25) is 4.79 Å². The molecule has 6 nitrogen and oxygen atoms in total. The Morgan fingerprint density at radius 2 is 2.16 bits per heavy atom. The number of nitrogens with one attached hydrogen (secondary N) is 1. The molecule has 0 aromatic rings. The van der Waals surface area contributed by atoms with E-state index in [0.29, 0.717) is 26.1 Å². The van der Waals surface area contributed by atoms with Crippen LogP contribution in [0.4, 0.5) is 4.79 Å². The first kappa shape index (κ1) is 15.8. The Morgan fingerprint density at radius 3 is 2.74 bits per heavy atom. The van der Waals surface area contributed by atoms with Crippen molar-refractivity contribution in [3.63, 3.8) is 0 Å². The van der Waals surface area contributed by atoms with Gasteiger partial charge in [0.1, 0.15) is 11.6 Å². The van der Waals surface area contributed by atoms with Gasteiger partial charge >= 0.3 is 6.09 Å². The highest BCUT2D eigenvalue weighted by Gasteiger charge is 2.30. The van der Waals surface area contributed by atoms with E-state index in [1.807, 2.05) is 0 Å². The number of nitrogens with zero attached hydrogens (tertiary/aromatic N) is 1. The molecule has 1 heterocycles. The Morgan fingerprint density at radius 1 is 1.47 bits per heavy atom. The molecule has 0 spiro atoms. The van der Waals surface area contributed by atoms with Gasteiger partial charge in [-0.2, -0.15) is 0 Å². The van der Waals surface area contributed by atoms with Crippen molar-refractivity contribution in [2.24, 2.45) is 0 Å². The fourth-order valence-corrected chi connectivity index (χ4v) is 1.95. The lowest BCUT2D eigenvalue weighted by Gasteiger charge is -2.32. The topological polar surface area (TPSA) is 67.9 Å². The van der Waals surface area contributed by atoms with Gasteiger partial charge in [0.2, 0.25) is 5.91 Å². The maximum Gasteiger partial charge on any atom is 0.408 e. The number of likely N-dealkylation sites (tertiary alicyclic amines) is 1. The van der Waals surface area contributed by atoms with E-state index in [1.54, 1.807) is 32.8 Å². The Hall–Kier alpha value is -1.30. The van der Waals surface area contributed by atoms with Crippen LogP contribution < -0.4 is 5.32 Å². The molecule has 0 unspecified atom stereocenters. The number of methoxy groups -OCH3 is 1. The van der Waals surface area contributed by atoms with E-state index in [4.69, 9.17) is 9.47 Å². The van der Waals surface area contributed by atoms with Crippen molar-refractivity contribution in [2.45, 2.75) is 45.3 Å². The standard InChI is InChI=1S/C13H24N2O4/c1-13(2,3)19-12(17)14-10-6-5-7-15(11(10)16)8-9-18-4/h10H,5-9H2,1-4H3,(H,14,17)/t10-/m0/s1. The molecule has 1 aliphatic rings. The largest absolute Gasteiger partial charge is 0.444 e. The zero-order valence-electron chi connectivity index (χ0n) is 12.2. The highest BCUT2D eigenvalue weighted by molar-refractivity contribution is 5.86. The lowest BCUT2D eigenvalue weighted by atomic mass is 10.1. The number of carbonyl (C=O) groups excluding carboxylic acids is 2. The SMILES string of the molecule is COCCN1CCC[C@H](NC(=O)OC(C)(C)C)C1=O. The molecule has 0 aromatic carbocycles. The Balaban J connectivity index is 2.49. The number of carbonyl (C=O) groups is 2. The fraction of sp³-hybridized carbons (Fsp3) is 0.846. The molecule has 110 valence electrons. The normalized spacial score (nSPS) is 20.3. The highest BCUT2D eigenvalue weighted by Crippen LogP contribution is 2.13. The van der Waals surface area contributed by atoms with Gasteiger partial charge in [-0.1, -0.05) is 0 Å². The van der Waals surface area contributed by atoms with Crippen LogP contribution in [0.25, 0.3) is 0 Å². The molecule has 1 atom stereocenters. The summed E-state index contributed by atoms with van der Waals surface area (Å²) in [7, 11) is 1.60. The van der Waals surface area contributed by atoms with Gasteiger partial charge in [0.15, 0.2) is 0 Å². The molecule has 1 aliphatic heterocycles. The first-order chi connectivity index (χ1) is 8.83. The Bertz CT molecular complexity index is 325.